The fourth-order valence-electron chi connectivity index (χ4n) is 3.18. The van der Waals surface area contributed by atoms with Gasteiger partial charge in [-0.2, -0.15) is 5.10 Å². The summed E-state index contributed by atoms with van der Waals surface area (Å²) in [7, 11) is -3.81. The third kappa shape index (κ3) is 5.23. The number of H-pyrrole nitrogens is 1. The molecule has 3 aromatic rings. The summed E-state index contributed by atoms with van der Waals surface area (Å²) in [4.78, 5) is 16.8. The number of aromatic amines is 1. The van der Waals surface area contributed by atoms with E-state index in [0.29, 0.717) is 35.9 Å². The SMILES string of the molecule is CCCS(=O)(=O)Nc1ccc(F)c(C(=O)Cc2cnc3n[nH]c(CCCO)c3c2)c1F. The van der Waals surface area contributed by atoms with Gasteiger partial charge in [-0.05, 0) is 43.0 Å². The van der Waals surface area contributed by atoms with Crippen molar-refractivity contribution in [3.05, 3.63) is 52.9 Å². The molecule has 0 bridgehead atoms. The van der Waals surface area contributed by atoms with Crippen molar-refractivity contribution in [1.29, 1.82) is 0 Å². The number of nitrogens with one attached hydrogen (secondary N) is 2. The van der Waals surface area contributed by atoms with E-state index in [0.717, 1.165) is 17.8 Å². The van der Waals surface area contributed by atoms with Gasteiger partial charge in [-0.25, -0.2) is 22.2 Å². The molecule has 0 aliphatic heterocycles. The summed E-state index contributed by atoms with van der Waals surface area (Å²) in [6.07, 6.45) is 2.40. The molecule has 0 radical (unpaired) electrons. The van der Waals surface area contributed by atoms with Crippen molar-refractivity contribution in [2.45, 2.75) is 32.6 Å². The number of aliphatic hydroxyl groups is 1. The van der Waals surface area contributed by atoms with Crippen LogP contribution < -0.4 is 4.72 Å². The van der Waals surface area contributed by atoms with Crippen LogP contribution in [0.3, 0.4) is 0 Å². The lowest BCUT2D eigenvalue weighted by molar-refractivity contribution is 0.0985. The van der Waals surface area contributed by atoms with Crippen molar-refractivity contribution in [1.82, 2.24) is 15.2 Å². The predicted octanol–water partition coefficient (Wildman–Crippen LogP) is 2.74. The number of pyridine rings is 1. The molecule has 0 aliphatic carbocycles. The Hall–Kier alpha value is -2.92. The highest BCUT2D eigenvalue weighted by Crippen LogP contribution is 2.25. The van der Waals surface area contributed by atoms with Gasteiger partial charge in [0.05, 0.1) is 17.0 Å². The maximum Gasteiger partial charge on any atom is 0.232 e. The van der Waals surface area contributed by atoms with E-state index in [2.05, 4.69) is 19.9 Å². The number of nitrogens with zero attached hydrogens (tertiary/aromatic N) is 2. The number of carbonyl (C=O) groups excluding carboxylic acids is 1. The predicted molar refractivity (Wildman–Crippen MR) is 111 cm³/mol. The van der Waals surface area contributed by atoms with Crippen LogP contribution in [0.15, 0.2) is 24.4 Å². The molecule has 0 saturated heterocycles. The number of aromatic nitrogens is 3. The van der Waals surface area contributed by atoms with Gasteiger partial charge in [0.1, 0.15) is 5.82 Å². The monoisotopic (exact) mass is 452 g/mol. The van der Waals surface area contributed by atoms with Crippen LogP contribution in [0.2, 0.25) is 0 Å². The Morgan fingerprint density at radius 3 is 2.77 bits per heavy atom. The van der Waals surface area contributed by atoms with Gasteiger partial charge in [0.2, 0.25) is 10.0 Å². The fourth-order valence-corrected chi connectivity index (χ4v) is 4.32. The number of carbonyl (C=O) groups is 1. The summed E-state index contributed by atoms with van der Waals surface area (Å²) in [6.45, 7) is 1.65. The molecule has 0 fully saturated rings. The highest BCUT2D eigenvalue weighted by atomic mass is 32.2. The first-order valence-corrected chi connectivity index (χ1v) is 11.4. The molecule has 0 aliphatic rings. The first kappa shape index (κ1) is 22.8. The van der Waals surface area contributed by atoms with Crippen LogP contribution in [0, 0.1) is 11.6 Å². The average molecular weight is 452 g/mol. The van der Waals surface area contributed by atoms with E-state index in [9.17, 15) is 22.0 Å². The zero-order chi connectivity index (χ0) is 22.6. The lowest BCUT2D eigenvalue weighted by Gasteiger charge is -2.11. The van der Waals surface area contributed by atoms with Gasteiger partial charge in [0, 0.05) is 30.3 Å². The summed E-state index contributed by atoms with van der Waals surface area (Å²) >= 11 is 0. The maximum absolute atomic E-state index is 14.8. The van der Waals surface area contributed by atoms with E-state index in [1.165, 1.54) is 6.20 Å². The van der Waals surface area contributed by atoms with E-state index in [1.54, 1.807) is 13.0 Å². The Kier molecular flexibility index (Phi) is 6.96. The van der Waals surface area contributed by atoms with Crippen molar-refractivity contribution < 1.29 is 27.1 Å². The molecule has 11 heteroatoms. The van der Waals surface area contributed by atoms with Gasteiger partial charge in [0.15, 0.2) is 17.2 Å². The molecule has 0 unspecified atom stereocenters. The molecule has 8 nitrogen and oxygen atoms in total. The Morgan fingerprint density at radius 2 is 2.06 bits per heavy atom. The van der Waals surface area contributed by atoms with Crippen LogP contribution in [0.5, 0.6) is 0 Å². The zero-order valence-corrected chi connectivity index (χ0v) is 17.6. The number of hydrogen-bond donors (Lipinski definition) is 3. The number of anilines is 1. The summed E-state index contributed by atoms with van der Waals surface area (Å²) in [6, 6.07) is 3.45. The molecule has 0 atom stereocenters. The molecule has 31 heavy (non-hydrogen) atoms. The normalized spacial score (nSPS) is 11.7. The summed E-state index contributed by atoms with van der Waals surface area (Å²) in [5, 5.41) is 16.5. The molecule has 0 saturated carbocycles. The van der Waals surface area contributed by atoms with Gasteiger partial charge in [-0.1, -0.05) is 6.92 Å². The average Bonchev–Trinajstić information content (AvgIpc) is 3.11. The second-order valence-electron chi connectivity index (χ2n) is 7.05. The van der Waals surface area contributed by atoms with Crippen LogP contribution in [-0.2, 0) is 22.9 Å². The number of Topliss-reactive ketones (excluding diaryl/α,β-unsaturated/α-hetero) is 1. The van der Waals surface area contributed by atoms with Crippen LogP contribution >= 0.6 is 0 Å². The molecular formula is C20H22F2N4O4S. The van der Waals surface area contributed by atoms with Crippen LogP contribution in [0.25, 0.3) is 11.0 Å². The van der Waals surface area contributed by atoms with E-state index < -0.39 is 38.7 Å². The minimum atomic E-state index is -3.81. The largest absolute Gasteiger partial charge is 0.396 e. The van der Waals surface area contributed by atoms with Gasteiger partial charge >= 0.3 is 0 Å². The Labute approximate surface area is 177 Å². The molecule has 0 amide bonds. The molecule has 166 valence electrons. The summed E-state index contributed by atoms with van der Waals surface area (Å²) in [5.41, 5.74) is 0.279. The van der Waals surface area contributed by atoms with E-state index in [-0.39, 0.29) is 18.8 Å². The number of ketones is 1. The van der Waals surface area contributed by atoms with Crippen LogP contribution in [0.4, 0.5) is 14.5 Å². The Morgan fingerprint density at radius 1 is 1.29 bits per heavy atom. The number of aryl methyl sites for hydroxylation is 1. The van der Waals surface area contributed by atoms with Crippen molar-refractivity contribution in [2.75, 3.05) is 17.1 Å². The number of aliphatic hydroxyl groups excluding tert-OH is 1. The van der Waals surface area contributed by atoms with Gasteiger partial charge < -0.3 is 5.11 Å². The zero-order valence-electron chi connectivity index (χ0n) is 16.8. The van der Waals surface area contributed by atoms with Crippen LogP contribution in [0.1, 0.15) is 41.4 Å². The second-order valence-corrected chi connectivity index (χ2v) is 8.89. The molecule has 3 N–H and O–H groups in total. The molecule has 1 aromatic carbocycles. The van der Waals surface area contributed by atoms with E-state index in [4.69, 9.17) is 5.11 Å². The number of halogens is 2. The molecule has 3 rings (SSSR count). The quantitative estimate of drug-likeness (QED) is 0.406. The lowest BCUT2D eigenvalue weighted by Crippen LogP contribution is -2.19. The van der Waals surface area contributed by atoms with Gasteiger partial charge in [0.25, 0.3) is 0 Å². The molecular weight excluding hydrogens is 430 g/mol. The van der Waals surface area contributed by atoms with Crippen molar-refractivity contribution >= 4 is 32.5 Å². The standard InChI is InChI=1S/C20H22F2N4O4S/c1-2-8-31(29,30)26-16-6-5-14(21)18(19(16)22)17(28)10-12-9-13-15(4-3-7-27)24-25-20(13)23-11-12/h5-6,9,11,26-27H,2-4,7-8,10H2,1H3,(H,23,24,25). The topological polar surface area (TPSA) is 125 Å². The smallest absolute Gasteiger partial charge is 0.232 e. The Balaban J connectivity index is 1.88. The fraction of sp³-hybridized carbons (Fsp3) is 0.350. The van der Waals surface area contributed by atoms with Gasteiger partial charge in [-0.15, -0.1) is 0 Å². The maximum atomic E-state index is 14.8. The summed E-state index contributed by atoms with van der Waals surface area (Å²) < 4.78 is 55.0. The minimum absolute atomic E-state index is 0.00300. The number of benzene rings is 1. The summed E-state index contributed by atoms with van der Waals surface area (Å²) in [5.74, 6) is -3.43. The number of sulfonamides is 1. The molecule has 2 heterocycles. The third-order valence-corrected chi connectivity index (χ3v) is 6.08. The van der Waals surface area contributed by atoms with Crippen LogP contribution in [-0.4, -0.2) is 46.8 Å². The first-order chi connectivity index (χ1) is 14.8. The van der Waals surface area contributed by atoms with E-state index in [1.807, 2.05) is 0 Å². The second kappa shape index (κ2) is 9.48. The molecule has 0 spiro atoms. The van der Waals surface area contributed by atoms with Gasteiger partial charge in [-0.3, -0.25) is 14.6 Å². The van der Waals surface area contributed by atoms with Crippen molar-refractivity contribution in [2.24, 2.45) is 0 Å². The minimum Gasteiger partial charge on any atom is -0.396 e. The van der Waals surface area contributed by atoms with Crippen molar-refractivity contribution in [3.63, 3.8) is 0 Å². The first-order valence-electron chi connectivity index (χ1n) is 9.70. The number of fused-ring (bicyclic) bond motifs is 1. The molecule has 2 aromatic heterocycles. The van der Waals surface area contributed by atoms with E-state index >= 15 is 0 Å². The number of hydrogen-bond acceptors (Lipinski definition) is 6. The number of rotatable bonds is 10. The highest BCUT2D eigenvalue weighted by Gasteiger charge is 2.23. The van der Waals surface area contributed by atoms with Crippen molar-refractivity contribution in [3.8, 4) is 0 Å². The highest BCUT2D eigenvalue weighted by molar-refractivity contribution is 7.92. The lowest BCUT2D eigenvalue weighted by atomic mass is 10.0. The third-order valence-electron chi connectivity index (χ3n) is 4.60. The Bertz CT molecular complexity index is 1210.